The first-order valence-electron chi connectivity index (χ1n) is 8.09. The Hall–Kier alpha value is -2.54. The lowest BCUT2D eigenvalue weighted by atomic mass is 10.1. The molecule has 1 aliphatic heterocycles. The predicted octanol–water partition coefficient (Wildman–Crippen LogP) is 1.32. The lowest BCUT2D eigenvalue weighted by Crippen LogP contribution is -2.54. The molecule has 2 aromatic rings. The molecule has 1 aliphatic carbocycles. The van der Waals surface area contributed by atoms with Crippen LogP contribution in [0.5, 0.6) is 5.88 Å². The monoisotopic (exact) mass is 326 g/mol. The van der Waals surface area contributed by atoms with Gasteiger partial charge < -0.3 is 14.4 Å². The van der Waals surface area contributed by atoms with Crippen molar-refractivity contribution in [2.24, 2.45) is 0 Å². The van der Waals surface area contributed by atoms with Crippen LogP contribution in [0, 0.1) is 0 Å². The average molecular weight is 326 g/mol. The Bertz CT molecular complexity index is 697. The van der Waals surface area contributed by atoms with Gasteiger partial charge in [-0.15, -0.1) is 0 Å². The molecule has 7 nitrogen and oxygen atoms in total. The first kappa shape index (κ1) is 15.0. The Balaban J connectivity index is 1.49. The van der Waals surface area contributed by atoms with Crippen LogP contribution < -0.4 is 4.74 Å². The van der Waals surface area contributed by atoms with Gasteiger partial charge in [0.05, 0.1) is 18.8 Å². The SMILES string of the molecule is O=C(c1cnccn1)N1CCO[C@H]2[C@@H](Oc3ccccn3)CC[C@@H]21. The van der Waals surface area contributed by atoms with Crippen LogP contribution >= 0.6 is 0 Å². The summed E-state index contributed by atoms with van der Waals surface area (Å²) in [6.07, 6.45) is 7.74. The quantitative estimate of drug-likeness (QED) is 0.847. The molecule has 2 fully saturated rings. The predicted molar refractivity (Wildman–Crippen MR) is 84.5 cm³/mol. The van der Waals surface area contributed by atoms with Crippen LogP contribution in [0.15, 0.2) is 43.0 Å². The van der Waals surface area contributed by atoms with Crippen molar-refractivity contribution in [1.82, 2.24) is 19.9 Å². The molecule has 0 bridgehead atoms. The molecule has 0 unspecified atom stereocenters. The van der Waals surface area contributed by atoms with Crippen molar-refractivity contribution in [2.45, 2.75) is 31.1 Å². The zero-order chi connectivity index (χ0) is 16.4. The number of pyridine rings is 1. The van der Waals surface area contributed by atoms with Gasteiger partial charge in [0.15, 0.2) is 0 Å². The minimum Gasteiger partial charge on any atom is -0.471 e. The first-order chi connectivity index (χ1) is 11.8. The third-order valence-corrected chi connectivity index (χ3v) is 4.49. The van der Waals surface area contributed by atoms with Gasteiger partial charge in [0.2, 0.25) is 5.88 Å². The number of ether oxygens (including phenoxy) is 2. The highest BCUT2D eigenvalue weighted by Crippen LogP contribution is 2.33. The molecule has 24 heavy (non-hydrogen) atoms. The van der Waals surface area contributed by atoms with E-state index in [4.69, 9.17) is 9.47 Å². The van der Waals surface area contributed by atoms with Crippen molar-refractivity contribution in [3.8, 4) is 5.88 Å². The van der Waals surface area contributed by atoms with E-state index in [2.05, 4.69) is 15.0 Å². The van der Waals surface area contributed by atoms with Crippen LogP contribution in [-0.2, 0) is 4.74 Å². The molecule has 0 aromatic carbocycles. The summed E-state index contributed by atoms with van der Waals surface area (Å²) in [5.41, 5.74) is 0.368. The topological polar surface area (TPSA) is 77.4 Å². The molecule has 3 heterocycles. The van der Waals surface area contributed by atoms with E-state index in [9.17, 15) is 4.79 Å². The Labute approximate surface area is 139 Å². The maximum Gasteiger partial charge on any atom is 0.274 e. The van der Waals surface area contributed by atoms with Gasteiger partial charge in [-0.05, 0) is 18.9 Å². The molecule has 2 aromatic heterocycles. The van der Waals surface area contributed by atoms with E-state index in [0.29, 0.717) is 24.7 Å². The molecule has 1 saturated carbocycles. The molecule has 1 saturated heterocycles. The molecule has 3 atom stereocenters. The fourth-order valence-corrected chi connectivity index (χ4v) is 3.42. The molecule has 7 heteroatoms. The van der Waals surface area contributed by atoms with E-state index in [-0.39, 0.29) is 24.2 Å². The van der Waals surface area contributed by atoms with Crippen molar-refractivity contribution in [3.05, 3.63) is 48.7 Å². The van der Waals surface area contributed by atoms with Crippen molar-refractivity contribution in [3.63, 3.8) is 0 Å². The van der Waals surface area contributed by atoms with E-state index in [0.717, 1.165) is 12.8 Å². The summed E-state index contributed by atoms with van der Waals surface area (Å²) in [4.78, 5) is 26.9. The Morgan fingerprint density at radius 1 is 1.21 bits per heavy atom. The lowest BCUT2D eigenvalue weighted by molar-refractivity contribution is -0.0794. The van der Waals surface area contributed by atoms with Gasteiger partial charge in [-0.2, -0.15) is 0 Å². The third kappa shape index (κ3) is 2.82. The normalized spacial score (nSPS) is 26.0. The van der Waals surface area contributed by atoms with Gasteiger partial charge in [-0.3, -0.25) is 9.78 Å². The number of rotatable bonds is 3. The molecule has 2 aliphatic rings. The van der Waals surface area contributed by atoms with Crippen LogP contribution in [0.25, 0.3) is 0 Å². The van der Waals surface area contributed by atoms with Crippen molar-refractivity contribution in [2.75, 3.05) is 13.2 Å². The fourth-order valence-electron chi connectivity index (χ4n) is 3.42. The average Bonchev–Trinajstić information content (AvgIpc) is 3.06. The van der Waals surface area contributed by atoms with Crippen LogP contribution in [0.2, 0.25) is 0 Å². The number of carbonyl (C=O) groups excluding carboxylic acids is 1. The number of fused-ring (bicyclic) bond motifs is 1. The highest BCUT2D eigenvalue weighted by molar-refractivity contribution is 5.92. The van der Waals surface area contributed by atoms with E-state index >= 15 is 0 Å². The van der Waals surface area contributed by atoms with Crippen LogP contribution in [0.1, 0.15) is 23.3 Å². The Morgan fingerprint density at radius 2 is 2.17 bits per heavy atom. The molecule has 0 spiro atoms. The summed E-state index contributed by atoms with van der Waals surface area (Å²) in [6, 6.07) is 5.57. The third-order valence-electron chi connectivity index (χ3n) is 4.49. The number of carbonyl (C=O) groups is 1. The molecule has 0 N–H and O–H groups in total. The number of morpholine rings is 1. The van der Waals surface area contributed by atoms with E-state index in [1.165, 1.54) is 12.4 Å². The smallest absolute Gasteiger partial charge is 0.274 e. The zero-order valence-electron chi connectivity index (χ0n) is 13.1. The maximum absolute atomic E-state index is 12.7. The lowest BCUT2D eigenvalue weighted by Gasteiger charge is -2.38. The highest BCUT2D eigenvalue weighted by Gasteiger charge is 2.46. The highest BCUT2D eigenvalue weighted by atomic mass is 16.5. The summed E-state index contributed by atoms with van der Waals surface area (Å²) in [6.45, 7) is 1.06. The largest absolute Gasteiger partial charge is 0.471 e. The Kier molecular flexibility index (Phi) is 4.08. The molecule has 1 amide bonds. The van der Waals surface area contributed by atoms with Gasteiger partial charge in [0, 0.05) is 31.2 Å². The van der Waals surface area contributed by atoms with Gasteiger partial charge in [0.1, 0.15) is 17.9 Å². The second-order valence-electron chi connectivity index (χ2n) is 5.89. The summed E-state index contributed by atoms with van der Waals surface area (Å²) >= 11 is 0. The van der Waals surface area contributed by atoms with E-state index < -0.39 is 0 Å². The van der Waals surface area contributed by atoms with Crippen LogP contribution in [0.3, 0.4) is 0 Å². The number of nitrogens with zero attached hydrogens (tertiary/aromatic N) is 4. The second-order valence-corrected chi connectivity index (χ2v) is 5.89. The van der Waals surface area contributed by atoms with E-state index in [1.54, 1.807) is 12.4 Å². The molecule has 4 rings (SSSR count). The van der Waals surface area contributed by atoms with Crippen molar-refractivity contribution in [1.29, 1.82) is 0 Å². The summed E-state index contributed by atoms with van der Waals surface area (Å²) in [5, 5.41) is 0. The molecule has 0 radical (unpaired) electrons. The summed E-state index contributed by atoms with van der Waals surface area (Å²) in [5.74, 6) is 0.490. The van der Waals surface area contributed by atoms with Gasteiger partial charge in [0.25, 0.3) is 5.91 Å². The second kappa shape index (κ2) is 6.52. The maximum atomic E-state index is 12.7. The number of hydrogen-bond donors (Lipinski definition) is 0. The minimum absolute atomic E-state index is 0.00182. The van der Waals surface area contributed by atoms with E-state index in [1.807, 2.05) is 23.1 Å². The number of aromatic nitrogens is 3. The van der Waals surface area contributed by atoms with Crippen LogP contribution in [0.4, 0.5) is 0 Å². The molecular formula is C17H18N4O3. The minimum atomic E-state index is -0.138. The first-order valence-corrected chi connectivity index (χ1v) is 8.09. The fraction of sp³-hybridized carbons (Fsp3) is 0.412. The van der Waals surface area contributed by atoms with Gasteiger partial charge in [-0.25, -0.2) is 9.97 Å². The number of hydrogen-bond acceptors (Lipinski definition) is 6. The van der Waals surface area contributed by atoms with Gasteiger partial charge >= 0.3 is 0 Å². The standard InChI is InChI=1S/C17H18N4O3/c22-17(12-11-18-7-8-19-12)21-9-10-23-16-13(21)4-5-14(16)24-15-3-1-2-6-20-15/h1-3,6-8,11,13-14,16H,4-5,9-10H2/t13-,14-,16+/m0/s1. The number of amides is 1. The van der Waals surface area contributed by atoms with Crippen molar-refractivity contribution < 1.29 is 14.3 Å². The summed E-state index contributed by atoms with van der Waals surface area (Å²) in [7, 11) is 0. The summed E-state index contributed by atoms with van der Waals surface area (Å²) < 4.78 is 11.9. The van der Waals surface area contributed by atoms with Crippen LogP contribution in [-0.4, -0.2) is 57.2 Å². The van der Waals surface area contributed by atoms with Gasteiger partial charge in [-0.1, -0.05) is 6.07 Å². The molecular weight excluding hydrogens is 308 g/mol. The Morgan fingerprint density at radius 3 is 2.96 bits per heavy atom. The van der Waals surface area contributed by atoms with Crippen molar-refractivity contribution >= 4 is 5.91 Å². The molecule has 124 valence electrons. The zero-order valence-corrected chi connectivity index (χ0v) is 13.1.